The fourth-order valence-corrected chi connectivity index (χ4v) is 1.80. The van der Waals surface area contributed by atoms with Gasteiger partial charge in [0.2, 0.25) is 5.91 Å². The first kappa shape index (κ1) is 14.7. The van der Waals surface area contributed by atoms with Gasteiger partial charge in [0.1, 0.15) is 0 Å². The zero-order chi connectivity index (χ0) is 13.8. The highest BCUT2D eigenvalue weighted by atomic mass is 79.9. The average molecular weight is 314 g/mol. The number of benzene rings is 1. The minimum absolute atomic E-state index is 0.0349. The summed E-state index contributed by atoms with van der Waals surface area (Å²) in [5.74, 6) is -1.24. The Morgan fingerprint density at radius 1 is 1.33 bits per heavy atom. The molecule has 0 fully saturated rings. The molecule has 0 saturated heterocycles. The lowest BCUT2D eigenvalue weighted by atomic mass is 9.89. The summed E-state index contributed by atoms with van der Waals surface area (Å²) in [5.41, 5.74) is -0.0863. The van der Waals surface area contributed by atoms with Crippen LogP contribution in [0.25, 0.3) is 0 Å². The van der Waals surface area contributed by atoms with Gasteiger partial charge in [-0.3, -0.25) is 9.59 Å². The standard InChI is InChI=1S/C13H16BrNO3/c1-13(2,12(17)18)7-11(16)15-8-9-5-3-4-6-10(9)14/h3-6H,7-8H2,1-2H3,(H,15,16)(H,17,18). The van der Waals surface area contributed by atoms with Crippen LogP contribution in [0.2, 0.25) is 0 Å². The molecule has 98 valence electrons. The van der Waals surface area contributed by atoms with Crippen molar-refractivity contribution >= 4 is 27.8 Å². The number of rotatable bonds is 5. The third kappa shape index (κ3) is 4.14. The van der Waals surface area contributed by atoms with Crippen molar-refractivity contribution in [1.29, 1.82) is 0 Å². The van der Waals surface area contributed by atoms with Crippen LogP contribution >= 0.6 is 15.9 Å². The molecule has 4 nitrogen and oxygen atoms in total. The molecule has 1 aromatic rings. The highest BCUT2D eigenvalue weighted by Gasteiger charge is 2.29. The Bertz CT molecular complexity index is 457. The fourth-order valence-electron chi connectivity index (χ4n) is 1.38. The molecule has 0 bridgehead atoms. The van der Waals surface area contributed by atoms with Gasteiger partial charge in [-0.2, -0.15) is 0 Å². The SMILES string of the molecule is CC(C)(CC(=O)NCc1ccccc1Br)C(=O)O. The molecule has 0 aromatic heterocycles. The Morgan fingerprint density at radius 3 is 2.50 bits per heavy atom. The predicted octanol–water partition coefficient (Wildman–Crippen LogP) is 2.57. The number of carbonyl (C=O) groups is 2. The molecule has 5 heteroatoms. The Kier molecular flexibility index (Phi) is 4.90. The summed E-state index contributed by atoms with van der Waals surface area (Å²) in [6, 6.07) is 7.56. The van der Waals surface area contributed by atoms with Crippen LogP contribution in [-0.2, 0) is 16.1 Å². The number of hydrogen-bond donors (Lipinski definition) is 2. The zero-order valence-electron chi connectivity index (χ0n) is 10.4. The van der Waals surface area contributed by atoms with Gasteiger partial charge < -0.3 is 10.4 Å². The van der Waals surface area contributed by atoms with Gasteiger partial charge >= 0.3 is 5.97 Å². The van der Waals surface area contributed by atoms with Crippen LogP contribution in [0.1, 0.15) is 25.8 Å². The molecule has 0 atom stereocenters. The minimum Gasteiger partial charge on any atom is -0.481 e. The van der Waals surface area contributed by atoms with E-state index in [-0.39, 0.29) is 12.3 Å². The van der Waals surface area contributed by atoms with Crippen molar-refractivity contribution in [2.45, 2.75) is 26.8 Å². The van der Waals surface area contributed by atoms with Gasteiger partial charge in [0.05, 0.1) is 5.41 Å². The summed E-state index contributed by atoms with van der Waals surface area (Å²) < 4.78 is 0.919. The molecule has 0 aliphatic carbocycles. The van der Waals surface area contributed by atoms with Gasteiger partial charge in [-0.05, 0) is 25.5 Å². The Hall–Kier alpha value is -1.36. The van der Waals surface area contributed by atoms with Gasteiger partial charge in [0, 0.05) is 17.4 Å². The summed E-state index contributed by atoms with van der Waals surface area (Å²) >= 11 is 3.39. The molecular formula is C13H16BrNO3. The third-order valence-corrected chi connectivity index (χ3v) is 3.39. The largest absolute Gasteiger partial charge is 0.481 e. The maximum atomic E-state index is 11.7. The number of amides is 1. The second-order valence-electron chi connectivity index (χ2n) is 4.73. The number of halogens is 1. The summed E-state index contributed by atoms with van der Waals surface area (Å²) in [6.45, 7) is 3.46. The molecular weight excluding hydrogens is 298 g/mol. The molecule has 0 heterocycles. The lowest BCUT2D eigenvalue weighted by molar-refractivity contribution is -0.149. The number of carboxylic acid groups (broad SMARTS) is 1. The maximum Gasteiger partial charge on any atom is 0.309 e. The van der Waals surface area contributed by atoms with Gasteiger partial charge in [0.25, 0.3) is 0 Å². The molecule has 1 rings (SSSR count). The van der Waals surface area contributed by atoms with E-state index in [1.807, 2.05) is 24.3 Å². The predicted molar refractivity (Wildman–Crippen MR) is 72.0 cm³/mol. The topological polar surface area (TPSA) is 66.4 Å². The van der Waals surface area contributed by atoms with E-state index in [0.29, 0.717) is 6.54 Å². The van der Waals surface area contributed by atoms with Crippen molar-refractivity contribution in [3.8, 4) is 0 Å². The normalized spacial score (nSPS) is 11.1. The second-order valence-corrected chi connectivity index (χ2v) is 5.59. The van der Waals surface area contributed by atoms with Crippen LogP contribution in [0.4, 0.5) is 0 Å². The molecule has 18 heavy (non-hydrogen) atoms. The van der Waals surface area contributed by atoms with E-state index in [1.165, 1.54) is 13.8 Å². The van der Waals surface area contributed by atoms with Crippen molar-refractivity contribution in [3.05, 3.63) is 34.3 Å². The Labute approximate surface area is 115 Å². The fraction of sp³-hybridized carbons (Fsp3) is 0.385. The van der Waals surface area contributed by atoms with Crippen LogP contribution in [0.15, 0.2) is 28.7 Å². The number of carboxylic acids is 1. The molecule has 0 spiro atoms. The Morgan fingerprint density at radius 2 is 1.94 bits per heavy atom. The number of carbonyl (C=O) groups excluding carboxylic acids is 1. The molecule has 1 amide bonds. The lowest BCUT2D eigenvalue weighted by Gasteiger charge is -2.18. The smallest absolute Gasteiger partial charge is 0.309 e. The van der Waals surface area contributed by atoms with Crippen LogP contribution < -0.4 is 5.32 Å². The van der Waals surface area contributed by atoms with Gasteiger partial charge in [0.15, 0.2) is 0 Å². The lowest BCUT2D eigenvalue weighted by Crippen LogP contribution is -2.33. The Balaban J connectivity index is 2.53. The highest BCUT2D eigenvalue weighted by Crippen LogP contribution is 2.20. The van der Waals surface area contributed by atoms with Crippen LogP contribution in [0, 0.1) is 5.41 Å². The summed E-state index contributed by atoms with van der Waals surface area (Å²) in [4.78, 5) is 22.6. The molecule has 0 aliphatic heterocycles. The van der Waals surface area contributed by atoms with Crippen molar-refractivity contribution < 1.29 is 14.7 Å². The number of nitrogens with one attached hydrogen (secondary N) is 1. The maximum absolute atomic E-state index is 11.7. The van der Waals surface area contributed by atoms with E-state index in [2.05, 4.69) is 21.2 Å². The van der Waals surface area contributed by atoms with E-state index in [0.717, 1.165) is 10.0 Å². The molecule has 2 N–H and O–H groups in total. The van der Waals surface area contributed by atoms with E-state index in [9.17, 15) is 9.59 Å². The molecule has 1 aromatic carbocycles. The molecule has 0 aliphatic rings. The first-order chi connectivity index (χ1) is 8.33. The average Bonchev–Trinajstić information content (AvgIpc) is 2.27. The monoisotopic (exact) mass is 313 g/mol. The van der Waals surface area contributed by atoms with Gasteiger partial charge in [-0.25, -0.2) is 0 Å². The quantitative estimate of drug-likeness (QED) is 0.878. The summed E-state index contributed by atoms with van der Waals surface area (Å²) in [5, 5.41) is 11.7. The first-order valence-electron chi connectivity index (χ1n) is 5.56. The first-order valence-corrected chi connectivity index (χ1v) is 6.36. The minimum atomic E-state index is -1.04. The van der Waals surface area contributed by atoms with Crippen molar-refractivity contribution in [3.63, 3.8) is 0 Å². The van der Waals surface area contributed by atoms with E-state index < -0.39 is 11.4 Å². The summed E-state index contributed by atoms with van der Waals surface area (Å²) in [6.07, 6.45) is -0.0349. The van der Waals surface area contributed by atoms with Crippen molar-refractivity contribution in [2.24, 2.45) is 5.41 Å². The molecule has 0 saturated carbocycles. The van der Waals surface area contributed by atoms with Gasteiger partial charge in [-0.15, -0.1) is 0 Å². The molecule has 0 radical (unpaired) electrons. The van der Waals surface area contributed by atoms with E-state index in [4.69, 9.17) is 5.11 Å². The van der Waals surface area contributed by atoms with E-state index in [1.54, 1.807) is 0 Å². The highest BCUT2D eigenvalue weighted by molar-refractivity contribution is 9.10. The van der Waals surface area contributed by atoms with Crippen LogP contribution in [0.5, 0.6) is 0 Å². The van der Waals surface area contributed by atoms with E-state index >= 15 is 0 Å². The zero-order valence-corrected chi connectivity index (χ0v) is 12.0. The van der Waals surface area contributed by atoms with Crippen molar-refractivity contribution in [1.82, 2.24) is 5.32 Å². The third-order valence-electron chi connectivity index (χ3n) is 2.62. The van der Waals surface area contributed by atoms with Crippen molar-refractivity contribution in [2.75, 3.05) is 0 Å². The van der Waals surface area contributed by atoms with Crippen LogP contribution in [-0.4, -0.2) is 17.0 Å². The number of hydrogen-bond acceptors (Lipinski definition) is 2. The second kappa shape index (κ2) is 6.00. The molecule has 0 unspecified atom stereocenters. The summed E-state index contributed by atoms with van der Waals surface area (Å²) in [7, 11) is 0. The number of aliphatic carboxylic acids is 1. The van der Waals surface area contributed by atoms with Gasteiger partial charge in [-0.1, -0.05) is 34.1 Å². The van der Waals surface area contributed by atoms with Crippen LogP contribution in [0.3, 0.4) is 0 Å².